The number of esters is 1. The number of halogens is 1. The van der Waals surface area contributed by atoms with E-state index in [1.807, 2.05) is 6.92 Å². The molecular weight excluding hydrogens is 356 g/mol. The Morgan fingerprint density at radius 2 is 2.04 bits per heavy atom. The lowest BCUT2D eigenvalue weighted by molar-refractivity contribution is 0.0597. The van der Waals surface area contributed by atoms with Crippen LogP contribution >= 0.6 is 12.4 Å². The van der Waals surface area contributed by atoms with Crippen LogP contribution in [0.3, 0.4) is 0 Å². The molecule has 1 fully saturated rings. The van der Waals surface area contributed by atoms with Crippen LogP contribution in [0.15, 0.2) is 23.1 Å². The van der Waals surface area contributed by atoms with Gasteiger partial charge < -0.3 is 14.8 Å². The molecule has 0 amide bonds. The Morgan fingerprint density at radius 3 is 2.62 bits per heavy atom. The van der Waals surface area contributed by atoms with E-state index in [1.54, 1.807) is 0 Å². The lowest BCUT2D eigenvalue weighted by Crippen LogP contribution is -2.50. The summed E-state index contributed by atoms with van der Waals surface area (Å²) in [6, 6.07) is 3.95. The van der Waals surface area contributed by atoms with Crippen LogP contribution in [0.1, 0.15) is 23.7 Å². The lowest BCUT2D eigenvalue weighted by Gasteiger charge is -2.30. The molecule has 0 saturated carbocycles. The number of rotatable bonds is 5. The number of ether oxygens (including phenoxy) is 2. The number of carbonyl (C=O) groups excluding carboxylic acids is 1. The molecule has 2 atom stereocenters. The van der Waals surface area contributed by atoms with Gasteiger partial charge in [-0.15, -0.1) is 12.4 Å². The first kappa shape index (κ1) is 20.7. The zero-order valence-electron chi connectivity index (χ0n) is 13.9. The molecule has 1 aliphatic heterocycles. The molecule has 24 heavy (non-hydrogen) atoms. The molecule has 0 spiro atoms. The standard InChI is InChI=1S/C15H22N2O5S.ClH/c1-10-6-7-16-9-13(10)17-23(19,20)11-4-5-14(21-2)12(8-11)15(18)22-3;/h4-5,8,10,13,16-17H,6-7,9H2,1-3H3;1H. The predicted octanol–water partition coefficient (Wildman–Crippen LogP) is 1.18. The van der Waals surface area contributed by atoms with E-state index in [9.17, 15) is 13.2 Å². The second-order valence-corrected chi connectivity index (χ2v) is 7.27. The van der Waals surface area contributed by atoms with Gasteiger partial charge >= 0.3 is 5.97 Å². The number of methoxy groups -OCH3 is 2. The summed E-state index contributed by atoms with van der Waals surface area (Å²) in [4.78, 5) is 11.8. The molecule has 7 nitrogen and oxygen atoms in total. The highest BCUT2D eigenvalue weighted by molar-refractivity contribution is 7.89. The molecule has 1 heterocycles. The Labute approximate surface area is 148 Å². The van der Waals surface area contributed by atoms with Gasteiger partial charge in [0, 0.05) is 12.6 Å². The van der Waals surface area contributed by atoms with Gasteiger partial charge in [0.25, 0.3) is 0 Å². The minimum Gasteiger partial charge on any atom is -0.496 e. The van der Waals surface area contributed by atoms with Crippen molar-refractivity contribution in [3.8, 4) is 5.75 Å². The van der Waals surface area contributed by atoms with E-state index < -0.39 is 16.0 Å². The van der Waals surface area contributed by atoms with E-state index in [2.05, 4.69) is 14.8 Å². The number of hydrogen-bond acceptors (Lipinski definition) is 6. The molecule has 1 saturated heterocycles. The minimum atomic E-state index is -3.74. The van der Waals surface area contributed by atoms with Crippen LogP contribution in [0.4, 0.5) is 0 Å². The Balaban J connectivity index is 0.00000288. The maximum absolute atomic E-state index is 12.6. The third kappa shape index (κ3) is 4.60. The Bertz CT molecular complexity index is 680. The van der Waals surface area contributed by atoms with Gasteiger partial charge in [0.05, 0.1) is 19.1 Å². The summed E-state index contributed by atoms with van der Waals surface area (Å²) in [5.74, 6) is -0.139. The first-order valence-corrected chi connectivity index (χ1v) is 8.86. The van der Waals surface area contributed by atoms with Crippen molar-refractivity contribution in [1.82, 2.24) is 10.0 Å². The van der Waals surface area contributed by atoms with E-state index >= 15 is 0 Å². The number of benzene rings is 1. The van der Waals surface area contributed by atoms with E-state index in [0.29, 0.717) is 6.54 Å². The van der Waals surface area contributed by atoms with E-state index in [1.165, 1.54) is 32.4 Å². The molecule has 0 radical (unpaired) electrons. The average molecular weight is 379 g/mol. The monoisotopic (exact) mass is 378 g/mol. The quantitative estimate of drug-likeness (QED) is 0.747. The highest BCUT2D eigenvalue weighted by Gasteiger charge is 2.27. The summed E-state index contributed by atoms with van der Waals surface area (Å²) < 4.78 is 37.6. The van der Waals surface area contributed by atoms with Crippen LogP contribution in [0.5, 0.6) is 5.75 Å². The number of carbonyl (C=O) groups is 1. The molecule has 1 aliphatic rings. The number of nitrogens with one attached hydrogen (secondary N) is 2. The molecule has 0 aliphatic carbocycles. The lowest BCUT2D eigenvalue weighted by atomic mass is 9.96. The molecule has 0 aromatic heterocycles. The van der Waals surface area contributed by atoms with Crippen molar-refractivity contribution in [3.63, 3.8) is 0 Å². The number of sulfonamides is 1. The van der Waals surface area contributed by atoms with Crippen LogP contribution in [0.25, 0.3) is 0 Å². The van der Waals surface area contributed by atoms with Crippen molar-refractivity contribution in [2.75, 3.05) is 27.3 Å². The average Bonchev–Trinajstić information content (AvgIpc) is 2.55. The van der Waals surface area contributed by atoms with Crippen molar-refractivity contribution in [2.45, 2.75) is 24.3 Å². The first-order chi connectivity index (χ1) is 10.9. The largest absolute Gasteiger partial charge is 0.496 e. The van der Waals surface area contributed by atoms with Crippen molar-refractivity contribution >= 4 is 28.4 Å². The van der Waals surface area contributed by atoms with Crippen LogP contribution < -0.4 is 14.8 Å². The molecule has 2 unspecified atom stereocenters. The van der Waals surface area contributed by atoms with E-state index in [-0.39, 0.29) is 40.6 Å². The van der Waals surface area contributed by atoms with E-state index in [4.69, 9.17) is 4.74 Å². The van der Waals surface area contributed by atoms with Gasteiger partial charge in [0.1, 0.15) is 11.3 Å². The fourth-order valence-corrected chi connectivity index (χ4v) is 3.91. The maximum atomic E-state index is 12.6. The molecule has 1 aromatic carbocycles. The summed E-state index contributed by atoms with van der Waals surface area (Å²) in [6.45, 7) is 3.48. The Morgan fingerprint density at radius 1 is 1.33 bits per heavy atom. The summed E-state index contributed by atoms with van der Waals surface area (Å²) in [5, 5.41) is 3.18. The molecular formula is C15H23ClN2O5S. The van der Waals surface area contributed by atoms with Gasteiger partial charge in [0.2, 0.25) is 10.0 Å². The topological polar surface area (TPSA) is 93.7 Å². The van der Waals surface area contributed by atoms with Crippen molar-refractivity contribution in [2.24, 2.45) is 5.92 Å². The van der Waals surface area contributed by atoms with Crippen molar-refractivity contribution < 1.29 is 22.7 Å². The fourth-order valence-electron chi connectivity index (χ4n) is 2.54. The summed E-state index contributed by atoms with van der Waals surface area (Å²) in [7, 11) is -1.10. The third-order valence-electron chi connectivity index (χ3n) is 4.02. The molecule has 9 heteroatoms. The Kier molecular flexibility index (Phi) is 7.47. The minimum absolute atomic E-state index is 0. The van der Waals surface area contributed by atoms with E-state index in [0.717, 1.165) is 13.0 Å². The summed E-state index contributed by atoms with van der Waals surface area (Å²) in [5.41, 5.74) is 0.0766. The molecule has 0 bridgehead atoms. The molecule has 2 rings (SSSR count). The second-order valence-electron chi connectivity index (χ2n) is 5.55. The normalized spacial score (nSPS) is 20.8. The number of hydrogen-bond donors (Lipinski definition) is 2. The Hall–Kier alpha value is -1.35. The van der Waals surface area contributed by atoms with Crippen LogP contribution in [-0.2, 0) is 14.8 Å². The van der Waals surface area contributed by atoms with Crippen LogP contribution in [0.2, 0.25) is 0 Å². The SMILES string of the molecule is COC(=O)c1cc(S(=O)(=O)NC2CNCCC2C)ccc1OC.Cl. The van der Waals surface area contributed by atoms with Crippen LogP contribution in [-0.4, -0.2) is 47.7 Å². The second kappa shape index (κ2) is 8.66. The molecule has 136 valence electrons. The van der Waals surface area contributed by atoms with Crippen LogP contribution in [0, 0.1) is 5.92 Å². The van der Waals surface area contributed by atoms with Crippen molar-refractivity contribution in [3.05, 3.63) is 23.8 Å². The zero-order valence-corrected chi connectivity index (χ0v) is 15.5. The summed E-state index contributed by atoms with van der Waals surface area (Å²) >= 11 is 0. The van der Waals surface area contributed by atoms with Gasteiger partial charge in [-0.1, -0.05) is 6.92 Å². The molecule has 1 aromatic rings. The number of piperidine rings is 1. The van der Waals surface area contributed by atoms with Crippen molar-refractivity contribution in [1.29, 1.82) is 0 Å². The van der Waals surface area contributed by atoms with Gasteiger partial charge in [-0.05, 0) is 37.1 Å². The van der Waals surface area contributed by atoms with Gasteiger partial charge in [-0.2, -0.15) is 0 Å². The predicted molar refractivity (Wildman–Crippen MR) is 92.3 cm³/mol. The smallest absolute Gasteiger partial charge is 0.341 e. The maximum Gasteiger partial charge on any atom is 0.341 e. The third-order valence-corrected chi connectivity index (χ3v) is 5.51. The highest BCUT2D eigenvalue weighted by Crippen LogP contribution is 2.24. The van der Waals surface area contributed by atoms with Gasteiger partial charge in [-0.25, -0.2) is 17.9 Å². The first-order valence-electron chi connectivity index (χ1n) is 7.38. The zero-order chi connectivity index (χ0) is 17.0. The summed E-state index contributed by atoms with van der Waals surface area (Å²) in [6.07, 6.45) is 0.906. The fraction of sp³-hybridized carbons (Fsp3) is 0.533. The van der Waals surface area contributed by atoms with Gasteiger partial charge in [-0.3, -0.25) is 0 Å². The highest BCUT2D eigenvalue weighted by atomic mass is 35.5. The molecule has 2 N–H and O–H groups in total. The van der Waals surface area contributed by atoms with Gasteiger partial charge in [0.15, 0.2) is 0 Å².